The van der Waals surface area contributed by atoms with Crippen molar-refractivity contribution in [1.82, 2.24) is 14.5 Å². The summed E-state index contributed by atoms with van der Waals surface area (Å²) >= 11 is -2.08. The molecule has 2 heterocycles. The van der Waals surface area contributed by atoms with Gasteiger partial charge in [-0.3, -0.25) is 9.35 Å². The molecular weight excluding hydrogens is 346 g/mol. The van der Waals surface area contributed by atoms with Crippen LogP contribution in [0.25, 0.3) is 0 Å². The zero-order valence-corrected chi connectivity index (χ0v) is 16.2. The fourth-order valence-electron chi connectivity index (χ4n) is 3.80. The lowest BCUT2D eigenvalue weighted by atomic mass is 9.77. The summed E-state index contributed by atoms with van der Waals surface area (Å²) in [7, 11) is 0. The van der Waals surface area contributed by atoms with E-state index >= 15 is 0 Å². The fourth-order valence-corrected chi connectivity index (χ4v) is 4.06. The molecule has 2 rings (SSSR count). The van der Waals surface area contributed by atoms with Crippen molar-refractivity contribution >= 4 is 23.3 Å². The number of ether oxygens (including phenoxy) is 1. The average Bonchev–Trinajstić information content (AvgIpc) is 2.69. The van der Waals surface area contributed by atoms with Crippen molar-refractivity contribution < 1.29 is 23.1 Å². The number of carbonyl (C=O) groups is 2. The molecule has 8 nitrogen and oxygen atoms in total. The molecule has 2 N–H and O–H groups in total. The first-order valence-electron chi connectivity index (χ1n) is 8.67. The first kappa shape index (κ1) is 20.1. The maximum Gasteiger partial charge on any atom is 0.410 e. The molecule has 0 aliphatic carbocycles. The van der Waals surface area contributed by atoms with Gasteiger partial charge in [0, 0.05) is 32.2 Å². The Morgan fingerprint density at radius 2 is 2.16 bits per heavy atom. The molecule has 2 aliphatic heterocycles. The minimum absolute atomic E-state index is 0.0266. The van der Waals surface area contributed by atoms with E-state index in [1.807, 2.05) is 27.7 Å². The normalized spacial score (nSPS) is 28.5. The van der Waals surface area contributed by atoms with Crippen LogP contribution in [0.5, 0.6) is 0 Å². The van der Waals surface area contributed by atoms with E-state index in [9.17, 15) is 13.8 Å². The second-order valence-corrected chi connectivity index (χ2v) is 8.77. The third kappa shape index (κ3) is 4.92. The highest BCUT2D eigenvalue weighted by Crippen LogP contribution is 2.43. The van der Waals surface area contributed by atoms with Crippen LogP contribution in [0.15, 0.2) is 0 Å². The van der Waals surface area contributed by atoms with Crippen molar-refractivity contribution in [2.75, 3.05) is 26.2 Å². The summed E-state index contributed by atoms with van der Waals surface area (Å²) in [6.45, 7) is 9.07. The van der Waals surface area contributed by atoms with Gasteiger partial charge in [-0.2, -0.15) is 0 Å². The van der Waals surface area contributed by atoms with Crippen molar-refractivity contribution in [1.29, 1.82) is 0 Å². The molecule has 0 radical (unpaired) electrons. The van der Waals surface area contributed by atoms with E-state index in [0.29, 0.717) is 26.1 Å². The van der Waals surface area contributed by atoms with Crippen LogP contribution in [-0.2, 0) is 20.8 Å². The molecule has 0 aromatic rings. The third-order valence-electron chi connectivity index (χ3n) is 4.74. The van der Waals surface area contributed by atoms with Crippen molar-refractivity contribution in [3.8, 4) is 0 Å². The Labute approximate surface area is 151 Å². The summed E-state index contributed by atoms with van der Waals surface area (Å²) in [5, 5.41) is 0. The maximum atomic E-state index is 13.0. The summed E-state index contributed by atoms with van der Waals surface area (Å²) in [5.41, 5.74) is -1.13. The number of nitrogens with one attached hydrogen (secondary N) is 1. The molecule has 1 spiro atoms. The van der Waals surface area contributed by atoms with Gasteiger partial charge in [0.05, 0.1) is 5.41 Å². The topological polar surface area (TPSA) is 99.2 Å². The Morgan fingerprint density at radius 3 is 2.76 bits per heavy atom. The van der Waals surface area contributed by atoms with Crippen molar-refractivity contribution in [3.05, 3.63) is 0 Å². The quantitative estimate of drug-likeness (QED) is 0.723. The van der Waals surface area contributed by atoms with Gasteiger partial charge in [-0.15, -0.1) is 0 Å². The largest absolute Gasteiger partial charge is 0.444 e. The van der Waals surface area contributed by atoms with Crippen LogP contribution in [0.1, 0.15) is 47.0 Å². The molecule has 0 saturated carbocycles. The van der Waals surface area contributed by atoms with Gasteiger partial charge < -0.3 is 14.5 Å². The molecule has 0 aromatic carbocycles. The molecule has 0 aromatic heterocycles. The zero-order valence-electron chi connectivity index (χ0n) is 15.4. The molecule has 2 saturated heterocycles. The van der Waals surface area contributed by atoms with Gasteiger partial charge in [0.15, 0.2) is 0 Å². The molecule has 2 amide bonds. The Bertz CT molecular complexity index is 550. The molecular formula is C16H29N3O5S. The van der Waals surface area contributed by atoms with Gasteiger partial charge in [0.2, 0.25) is 17.2 Å². The molecule has 9 heteroatoms. The standard InChI is InChI=1S/C16H29N3O5S/c1-12-10-16(13(20)19(12)9-7-17-25(22)23)6-5-8-18(11-16)14(21)24-15(2,3)4/h12,17H,5-11H2,1-4H3,(H,22,23). The minimum atomic E-state index is -2.08. The first-order chi connectivity index (χ1) is 11.5. The summed E-state index contributed by atoms with van der Waals surface area (Å²) in [4.78, 5) is 28.8. The van der Waals surface area contributed by atoms with Gasteiger partial charge in [-0.1, -0.05) is 0 Å². The first-order valence-corrected chi connectivity index (χ1v) is 9.78. The number of amides is 2. The lowest BCUT2D eigenvalue weighted by Gasteiger charge is -2.39. The summed E-state index contributed by atoms with van der Waals surface area (Å²) in [6, 6.07) is 0.0417. The van der Waals surface area contributed by atoms with Gasteiger partial charge >= 0.3 is 6.09 Å². The van der Waals surface area contributed by atoms with Gasteiger partial charge in [-0.05, 0) is 47.0 Å². The van der Waals surface area contributed by atoms with E-state index < -0.39 is 22.3 Å². The van der Waals surface area contributed by atoms with Crippen molar-refractivity contribution in [2.45, 2.75) is 58.6 Å². The lowest BCUT2D eigenvalue weighted by Crippen LogP contribution is -2.51. The Morgan fingerprint density at radius 1 is 1.48 bits per heavy atom. The number of carbonyl (C=O) groups excluding carboxylic acids is 2. The van der Waals surface area contributed by atoms with Crippen LogP contribution in [0, 0.1) is 5.41 Å². The number of hydrogen-bond donors (Lipinski definition) is 2. The number of rotatable bonds is 4. The van der Waals surface area contributed by atoms with E-state index in [0.717, 1.165) is 12.8 Å². The molecule has 3 atom stereocenters. The van der Waals surface area contributed by atoms with E-state index in [1.165, 1.54) is 0 Å². The molecule has 2 fully saturated rings. The Balaban J connectivity index is 2.03. The van der Waals surface area contributed by atoms with Crippen LogP contribution in [0.3, 0.4) is 0 Å². The second-order valence-electron chi connectivity index (χ2n) is 7.98. The van der Waals surface area contributed by atoms with Crippen LogP contribution in [0.4, 0.5) is 4.79 Å². The molecule has 144 valence electrons. The number of piperidine rings is 1. The number of hydrogen-bond acceptors (Lipinski definition) is 4. The van der Waals surface area contributed by atoms with Crippen molar-refractivity contribution in [2.24, 2.45) is 5.41 Å². The van der Waals surface area contributed by atoms with Gasteiger partial charge in [0.1, 0.15) is 5.60 Å². The Hall–Kier alpha value is -1.19. The predicted molar refractivity (Wildman–Crippen MR) is 94.0 cm³/mol. The zero-order chi connectivity index (χ0) is 18.8. The smallest absolute Gasteiger partial charge is 0.410 e. The highest BCUT2D eigenvalue weighted by atomic mass is 32.2. The summed E-state index contributed by atoms with van der Waals surface area (Å²) < 4.78 is 27.3. The SMILES string of the molecule is CC1CC2(CCCN(C(=O)OC(C)(C)C)C2)C(=O)N1CCNS(=O)O. The maximum absolute atomic E-state index is 13.0. The van der Waals surface area contributed by atoms with Crippen LogP contribution < -0.4 is 4.72 Å². The summed E-state index contributed by atoms with van der Waals surface area (Å²) in [5.74, 6) is 0.0266. The fraction of sp³-hybridized carbons (Fsp3) is 0.875. The molecule has 2 aliphatic rings. The van der Waals surface area contributed by atoms with Crippen LogP contribution in [0.2, 0.25) is 0 Å². The average molecular weight is 375 g/mol. The lowest BCUT2D eigenvalue weighted by molar-refractivity contribution is -0.139. The molecule has 3 unspecified atom stereocenters. The van der Waals surface area contributed by atoms with E-state index in [2.05, 4.69) is 4.72 Å². The minimum Gasteiger partial charge on any atom is -0.444 e. The highest BCUT2D eigenvalue weighted by Gasteiger charge is 2.52. The van der Waals surface area contributed by atoms with E-state index in [4.69, 9.17) is 9.29 Å². The highest BCUT2D eigenvalue weighted by molar-refractivity contribution is 7.77. The van der Waals surface area contributed by atoms with E-state index in [1.54, 1.807) is 9.80 Å². The number of nitrogens with zero attached hydrogens (tertiary/aromatic N) is 2. The predicted octanol–water partition coefficient (Wildman–Crippen LogP) is 1.35. The molecule has 25 heavy (non-hydrogen) atoms. The van der Waals surface area contributed by atoms with Gasteiger partial charge in [-0.25, -0.2) is 13.7 Å². The van der Waals surface area contributed by atoms with Crippen LogP contribution >= 0.6 is 0 Å². The third-order valence-corrected chi connectivity index (χ3v) is 5.19. The van der Waals surface area contributed by atoms with Crippen molar-refractivity contribution in [3.63, 3.8) is 0 Å². The number of likely N-dealkylation sites (tertiary alicyclic amines) is 2. The summed E-state index contributed by atoms with van der Waals surface area (Å²) in [6.07, 6.45) is 1.84. The molecule has 0 bridgehead atoms. The monoisotopic (exact) mass is 375 g/mol. The van der Waals surface area contributed by atoms with Gasteiger partial charge in [0.25, 0.3) is 0 Å². The second kappa shape index (κ2) is 7.59. The Kier molecular flexibility index (Phi) is 6.11. The van der Waals surface area contributed by atoms with E-state index in [-0.39, 0.29) is 24.6 Å². The van der Waals surface area contributed by atoms with Crippen LogP contribution in [-0.4, -0.2) is 68.4 Å².